The van der Waals surface area contributed by atoms with Gasteiger partial charge in [-0.25, -0.2) is 8.78 Å². The normalized spacial score (nSPS) is 11.1. The second kappa shape index (κ2) is 5.13. The van der Waals surface area contributed by atoms with Crippen molar-refractivity contribution in [2.24, 2.45) is 0 Å². The van der Waals surface area contributed by atoms with Gasteiger partial charge in [-0.3, -0.25) is 3.97 Å². The van der Waals surface area contributed by atoms with Crippen LogP contribution in [0.25, 0.3) is 10.9 Å². The quantitative estimate of drug-likeness (QED) is 0.439. The van der Waals surface area contributed by atoms with Crippen molar-refractivity contribution in [2.75, 3.05) is 0 Å². The van der Waals surface area contributed by atoms with E-state index in [0.717, 1.165) is 4.90 Å². The molecule has 0 fully saturated rings. The molecule has 0 bridgehead atoms. The lowest BCUT2D eigenvalue weighted by atomic mass is 10.2. The molecule has 0 radical (unpaired) electrons. The minimum Gasteiger partial charge on any atom is -0.284 e. The zero-order chi connectivity index (χ0) is 13.4. The Balaban J connectivity index is 2.13. The van der Waals surface area contributed by atoms with Crippen LogP contribution >= 0.6 is 34.5 Å². The first kappa shape index (κ1) is 12.9. The highest BCUT2D eigenvalue weighted by molar-refractivity contribution is 14.1. The molecule has 0 spiro atoms. The molecule has 0 unspecified atom stereocenters. The Hall–Kier alpha value is -1.08. The number of halogens is 3. The van der Waals surface area contributed by atoms with Crippen LogP contribution in [-0.4, -0.2) is 3.97 Å². The van der Waals surface area contributed by atoms with Crippen LogP contribution in [0.15, 0.2) is 53.6 Å². The molecular formula is C14H8F2INS. The first-order valence-corrected chi connectivity index (χ1v) is 7.40. The second-order valence-electron chi connectivity index (χ2n) is 3.97. The largest absolute Gasteiger partial charge is 0.284 e. The molecule has 0 saturated heterocycles. The number of hydrogen-bond acceptors (Lipinski definition) is 1. The van der Waals surface area contributed by atoms with Crippen molar-refractivity contribution < 1.29 is 8.78 Å². The Labute approximate surface area is 126 Å². The molecule has 0 aliphatic heterocycles. The van der Waals surface area contributed by atoms with Gasteiger partial charge < -0.3 is 0 Å². The molecule has 0 atom stereocenters. The van der Waals surface area contributed by atoms with E-state index in [-0.39, 0.29) is 3.57 Å². The van der Waals surface area contributed by atoms with E-state index in [1.807, 2.05) is 30.3 Å². The predicted molar refractivity (Wildman–Crippen MR) is 82.3 cm³/mol. The number of fused-ring (bicyclic) bond motifs is 1. The van der Waals surface area contributed by atoms with Gasteiger partial charge in [0.05, 0.1) is 9.09 Å². The van der Waals surface area contributed by atoms with Gasteiger partial charge in [0.2, 0.25) is 0 Å². The van der Waals surface area contributed by atoms with Gasteiger partial charge >= 0.3 is 0 Å². The number of benzene rings is 2. The number of aromatic nitrogens is 1. The van der Waals surface area contributed by atoms with E-state index in [1.165, 1.54) is 18.0 Å². The fourth-order valence-electron chi connectivity index (χ4n) is 1.85. The molecule has 0 amide bonds. The molecule has 5 heteroatoms. The Morgan fingerprint density at radius 2 is 1.79 bits per heavy atom. The van der Waals surface area contributed by atoms with Crippen LogP contribution in [-0.2, 0) is 0 Å². The molecule has 0 aliphatic carbocycles. The maximum atomic E-state index is 14.2. The van der Waals surface area contributed by atoms with Crippen molar-refractivity contribution in [3.63, 3.8) is 0 Å². The number of nitrogens with zero attached hydrogens (tertiary/aromatic N) is 1. The lowest BCUT2D eigenvalue weighted by molar-refractivity contribution is 0.578. The van der Waals surface area contributed by atoms with Crippen LogP contribution in [0.3, 0.4) is 0 Å². The van der Waals surface area contributed by atoms with Crippen molar-refractivity contribution in [2.45, 2.75) is 4.90 Å². The van der Waals surface area contributed by atoms with Gasteiger partial charge in [-0.2, -0.15) is 0 Å². The minimum absolute atomic E-state index is 0.0266. The van der Waals surface area contributed by atoms with Gasteiger partial charge in [0, 0.05) is 16.5 Å². The summed E-state index contributed by atoms with van der Waals surface area (Å²) in [6, 6.07) is 12.7. The first-order valence-electron chi connectivity index (χ1n) is 5.55. The number of rotatable bonds is 2. The summed E-state index contributed by atoms with van der Waals surface area (Å²) in [7, 11) is 0. The van der Waals surface area contributed by atoms with Crippen molar-refractivity contribution >= 4 is 45.4 Å². The Kier molecular flexibility index (Phi) is 3.49. The molecule has 2 aromatic carbocycles. The lowest BCUT2D eigenvalue weighted by Gasteiger charge is -2.06. The van der Waals surface area contributed by atoms with Crippen LogP contribution in [0, 0.1) is 15.2 Å². The third-order valence-corrected chi connectivity index (χ3v) is 4.70. The summed E-state index contributed by atoms with van der Waals surface area (Å²) in [6.07, 6.45) is 1.75. The van der Waals surface area contributed by atoms with Crippen LogP contribution in [0.2, 0.25) is 0 Å². The summed E-state index contributed by atoms with van der Waals surface area (Å²) in [5, 5.41) is 0.568. The molecule has 0 aliphatic rings. The maximum Gasteiger partial charge on any atom is 0.164 e. The van der Waals surface area contributed by atoms with Crippen molar-refractivity contribution in [3.8, 4) is 0 Å². The molecule has 1 nitrogen and oxygen atoms in total. The molecule has 3 aromatic rings. The lowest BCUT2D eigenvalue weighted by Crippen LogP contribution is -1.93. The third-order valence-electron chi connectivity index (χ3n) is 2.72. The van der Waals surface area contributed by atoms with Gasteiger partial charge in [-0.1, -0.05) is 18.2 Å². The molecule has 0 saturated carbocycles. The highest BCUT2D eigenvalue weighted by Crippen LogP contribution is 2.31. The van der Waals surface area contributed by atoms with Crippen molar-refractivity contribution in [3.05, 3.63) is 63.9 Å². The monoisotopic (exact) mass is 387 g/mol. The molecule has 1 aromatic heterocycles. The highest BCUT2D eigenvalue weighted by Gasteiger charge is 2.15. The summed E-state index contributed by atoms with van der Waals surface area (Å²) in [5.41, 5.74) is 0.416. The van der Waals surface area contributed by atoms with Gasteiger partial charge in [0.1, 0.15) is 5.82 Å². The summed E-state index contributed by atoms with van der Waals surface area (Å²) in [4.78, 5) is 0.999. The Morgan fingerprint density at radius 3 is 2.53 bits per heavy atom. The molecule has 19 heavy (non-hydrogen) atoms. The molecule has 0 N–H and O–H groups in total. The average molecular weight is 387 g/mol. The van der Waals surface area contributed by atoms with E-state index >= 15 is 0 Å². The molecule has 96 valence electrons. The van der Waals surface area contributed by atoms with Crippen molar-refractivity contribution in [1.82, 2.24) is 3.97 Å². The maximum absolute atomic E-state index is 14.2. The highest BCUT2D eigenvalue weighted by atomic mass is 127. The Bertz CT molecular complexity index is 740. The van der Waals surface area contributed by atoms with Gasteiger partial charge in [0.15, 0.2) is 5.82 Å². The predicted octanol–water partition coefficient (Wildman–Crippen LogP) is 5.08. The Morgan fingerprint density at radius 1 is 1.05 bits per heavy atom. The van der Waals surface area contributed by atoms with E-state index in [1.54, 1.807) is 38.8 Å². The van der Waals surface area contributed by atoms with E-state index in [4.69, 9.17) is 0 Å². The third kappa shape index (κ3) is 2.36. The summed E-state index contributed by atoms with van der Waals surface area (Å²) >= 11 is 3.09. The van der Waals surface area contributed by atoms with Gasteiger partial charge in [-0.05, 0) is 58.8 Å². The molecule has 3 rings (SSSR count). The summed E-state index contributed by atoms with van der Waals surface area (Å²) in [6.45, 7) is 0. The standard InChI is InChI=1S/C14H8F2INS/c15-11-8-9-6-7-18(14(9)12(16)13(11)17)19-10-4-2-1-3-5-10/h1-8H. The van der Waals surface area contributed by atoms with Crippen molar-refractivity contribution in [1.29, 1.82) is 0 Å². The van der Waals surface area contributed by atoms with E-state index < -0.39 is 11.6 Å². The van der Waals surface area contributed by atoms with Crippen LogP contribution in [0.4, 0.5) is 8.78 Å². The van der Waals surface area contributed by atoms with Gasteiger partial charge in [0.25, 0.3) is 0 Å². The molecular weight excluding hydrogens is 379 g/mol. The minimum atomic E-state index is -0.520. The van der Waals surface area contributed by atoms with Gasteiger partial charge in [-0.15, -0.1) is 0 Å². The van der Waals surface area contributed by atoms with E-state index in [2.05, 4.69) is 0 Å². The smallest absolute Gasteiger partial charge is 0.164 e. The number of hydrogen-bond donors (Lipinski definition) is 0. The average Bonchev–Trinajstić information content (AvgIpc) is 2.80. The molecule has 1 heterocycles. The van der Waals surface area contributed by atoms with Crippen LogP contribution in [0.5, 0.6) is 0 Å². The first-order chi connectivity index (χ1) is 9.16. The fourth-order valence-corrected chi connectivity index (χ4v) is 3.16. The van der Waals surface area contributed by atoms with Crippen LogP contribution in [0.1, 0.15) is 0 Å². The second-order valence-corrected chi connectivity index (χ2v) is 6.10. The fraction of sp³-hybridized carbons (Fsp3) is 0. The zero-order valence-corrected chi connectivity index (χ0v) is 12.6. The zero-order valence-electron chi connectivity index (χ0n) is 9.61. The SMILES string of the molecule is Fc1cc2ccn(Sc3ccccc3)c2c(F)c1I. The topological polar surface area (TPSA) is 4.93 Å². The van der Waals surface area contributed by atoms with Crippen LogP contribution < -0.4 is 0 Å². The van der Waals surface area contributed by atoms with E-state index in [0.29, 0.717) is 10.9 Å². The van der Waals surface area contributed by atoms with E-state index in [9.17, 15) is 8.78 Å². The summed E-state index contributed by atoms with van der Waals surface area (Å²) in [5.74, 6) is -1.03. The summed E-state index contributed by atoms with van der Waals surface area (Å²) < 4.78 is 29.4.